The molecule has 5 heteroatoms. The van der Waals surface area contributed by atoms with Crippen molar-refractivity contribution in [1.29, 1.82) is 0 Å². The van der Waals surface area contributed by atoms with Crippen molar-refractivity contribution < 1.29 is 24.1 Å². The van der Waals surface area contributed by atoms with E-state index in [1.807, 2.05) is 0 Å². The molecule has 1 atom stereocenters. The highest BCUT2D eigenvalue weighted by molar-refractivity contribution is 5.73. The van der Waals surface area contributed by atoms with Crippen molar-refractivity contribution in [3.63, 3.8) is 0 Å². The molecule has 0 saturated heterocycles. The molecule has 0 fully saturated rings. The zero-order valence-electron chi connectivity index (χ0n) is 10.1. The summed E-state index contributed by atoms with van der Waals surface area (Å²) in [4.78, 5) is 10.9. The first-order valence-electron chi connectivity index (χ1n) is 5.09. The fraction of sp³-hybridized carbons (Fsp3) is 0.417. The van der Waals surface area contributed by atoms with E-state index in [0.29, 0.717) is 17.1 Å². The maximum atomic E-state index is 10.9. The molecule has 0 aliphatic heterocycles. The minimum atomic E-state index is -1.01. The first-order valence-corrected chi connectivity index (χ1v) is 5.09. The third-order valence-electron chi connectivity index (χ3n) is 2.48. The summed E-state index contributed by atoms with van der Waals surface area (Å²) in [7, 11) is 4.42. The maximum absolute atomic E-state index is 10.9. The van der Waals surface area contributed by atoms with E-state index in [-0.39, 0.29) is 6.42 Å². The summed E-state index contributed by atoms with van der Waals surface area (Å²) in [6.45, 7) is 0. The lowest BCUT2D eigenvalue weighted by Crippen LogP contribution is -2.25. The number of carbonyl (C=O) groups is 1. The summed E-state index contributed by atoms with van der Waals surface area (Å²) in [6.07, 6.45) is -0.723. The largest absolute Gasteiger partial charge is 0.496 e. The Bertz CT molecular complexity index is 366. The van der Waals surface area contributed by atoms with Gasteiger partial charge in [-0.1, -0.05) is 6.07 Å². The third-order valence-corrected chi connectivity index (χ3v) is 2.48. The Morgan fingerprint density at radius 3 is 2.12 bits per heavy atom. The second-order valence-electron chi connectivity index (χ2n) is 3.41. The van der Waals surface area contributed by atoms with Crippen molar-refractivity contribution in [3.8, 4) is 11.5 Å². The molecule has 17 heavy (non-hydrogen) atoms. The Hall–Kier alpha value is -1.75. The average Bonchev–Trinajstić information content (AvgIpc) is 2.35. The first kappa shape index (κ1) is 13.3. The van der Waals surface area contributed by atoms with Gasteiger partial charge in [-0.2, -0.15) is 0 Å². The number of benzene rings is 1. The van der Waals surface area contributed by atoms with E-state index in [1.165, 1.54) is 21.3 Å². The van der Waals surface area contributed by atoms with Crippen LogP contribution in [-0.4, -0.2) is 38.5 Å². The van der Waals surface area contributed by atoms with Crippen LogP contribution in [0.15, 0.2) is 18.2 Å². The molecule has 1 unspecified atom stereocenters. The second kappa shape index (κ2) is 6.10. The fourth-order valence-electron chi connectivity index (χ4n) is 1.59. The van der Waals surface area contributed by atoms with Gasteiger partial charge in [-0.15, -0.1) is 0 Å². The number of rotatable bonds is 6. The van der Waals surface area contributed by atoms with Crippen LogP contribution in [0.2, 0.25) is 0 Å². The van der Waals surface area contributed by atoms with E-state index in [4.69, 9.17) is 19.3 Å². The van der Waals surface area contributed by atoms with E-state index in [2.05, 4.69) is 0 Å². The molecule has 0 amide bonds. The van der Waals surface area contributed by atoms with Crippen LogP contribution in [-0.2, 0) is 16.0 Å². The van der Waals surface area contributed by atoms with E-state index in [9.17, 15) is 4.79 Å². The summed E-state index contributed by atoms with van der Waals surface area (Å²) in [5, 5.41) is 8.96. The van der Waals surface area contributed by atoms with Gasteiger partial charge in [-0.05, 0) is 12.1 Å². The predicted molar refractivity (Wildman–Crippen MR) is 61.7 cm³/mol. The summed E-state index contributed by atoms with van der Waals surface area (Å²) >= 11 is 0. The van der Waals surface area contributed by atoms with Crippen LogP contribution in [0.25, 0.3) is 0 Å². The second-order valence-corrected chi connectivity index (χ2v) is 3.41. The molecule has 0 heterocycles. The van der Waals surface area contributed by atoms with Crippen LogP contribution >= 0.6 is 0 Å². The van der Waals surface area contributed by atoms with Crippen LogP contribution < -0.4 is 9.47 Å². The monoisotopic (exact) mass is 240 g/mol. The number of methoxy groups -OCH3 is 3. The van der Waals surface area contributed by atoms with Crippen LogP contribution in [0.1, 0.15) is 5.56 Å². The number of aliphatic carboxylic acids is 1. The summed E-state index contributed by atoms with van der Waals surface area (Å²) in [6, 6.07) is 5.29. The van der Waals surface area contributed by atoms with E-state index in [0.717, 1.165) is 0 Å². The van der Waals surface area contributed by atoms with Crippen LogP contribution in [0.4, 0.5) is 0 Å². The van der Waals surface area contributed by atoms with Crippen molar-refractivity contribution in [1.82, 2.24) is 0 Å². The van der Waals surface area contributed by atoms with E-state index < -0.39 is 12.1 Å². The van der Waals surface area contributed by atoms with Crippen LogP contribution in [0.3, 0.4) is 0 Å². The van der Waals surface area contributed by atoms with Crippen LogP contribution in [0, 0.1) is 0 Å². The van der Waals surface area contributed by atoms with Gasteiger partial charge in [0, 0.05) is 19.1 Å². The van der Waals surface area contributed by atoms with Gasteiger partial charge in [0.15, 0.2) is 6.10 Å². The number of carboxylic acids is 1. The Kier molecular flexibility index (Phi) is 4.78. The van der Waals surface area contributed by atoms with Crippen molar-refractivity contribution in [2.24, 2.45) is 0 Å². The van der Waals surface area contributed by atoms with E-state index in [1.54, 1.807) is 18.2 Å². The minimum Gasteiger partial charge on any atom is -0.496 e. The average molecular weight is 240 g/mol. The normalized spacial score (nSPS) is 11.9. The van der Waals surface area contributed by atoms with Crippen LogP contribution in [0.5, 0.6) is 11.5 Å². The summed E-state index contributed by atoms with van der Waals surface area (Å²) in [5.41, 5.74) is 0.687. The Morgan fingerprint density at radius 2 is 1.76 bits per heavy atom. The van der Waals surface area contributed by atoms with Gasteiger partial charge in [-0.3, -0.25) is 0 Å². The van der Waals surface area contributed by atoms with Crippen molar-refractivity contribution in [3.05, 3.63) is 23.8 Å². The van der Waals surface area contributed by atoms with Gasteiger partial charge < -0.3 is 19.3 Å². The standard InChI is InChI=1S/C12H16O5/c1-15-9-5-4-6-10(16-2)8(9)7-11(17-3)12(13)14/h4-6,11H,7H2,1-3H3,(H,13,14). The molecule has 0 radical (unpaired) electrons. The topological polar surface area (TPSA) is 65.0 Å². The lowest BCUT2D eigenvalue weighted by molar-refractivity contribution is -0.148. The Labute approximate surface area is 99.9 Å². The molecule has 1 aromatic carbocycles. The van der Waals surface area contributed by atoms with Gasteiger partial charge in [0.25, 0.3) is 0 Å². The molecule has 0 spiro atoms. The molecular formula is C12H16O5. The quantitative estimate of drug-likeness (QED) is 0.813. The highest BCUT2D eigenvalue weighted by atomic mass is 16.5. The maximum Gasteiger partial charge on any atom is 0.333 e. The van der Waals surface area contributed by atoms with Gasteiger partial charge in [0.2, 0.25) is 0 Å². The fourth-order valence-corrected chi connectivity index (χ4v) is 1.59. The van der Waals surface area contributed by atoms with Gasteiger partial charge in [0.1, 0.15) is 11.5 Å². The molecule has 94 valence electrons. The molecular weight excluding hydrogens is 224 g/mol. The Morgan fingerprint density at radius 1 is 1.24 bits per heavy atom. The highest BCUT2D eigenvalue weighted by Crippen LogP contribution is 2.29. The molecule has 0 aliphatic rings. The lowest BCUT2D eigenvalue weighted by atomic mass is 10.1. The molecule has 0 saturated carbocycles. The SMILES string of the molecule is COc1cccc(OC)c1CC(OC)C(=O)O. The molecule has 1 N–H and O–H groups in total. The molecule has 0 aliphatic carbocycles. The predicted octanol–water partition coefficient (Wildman–Crippen LogP) is 1.35. The number of hydrogen-bond donors (Lipinski definition) is 1. The Balaban J connectivity index is 3.05. The zero-order chi connectivity index (χ0) is 12.8. The van der Waals surface area contributed by atoms with E-state index >= 15 is 0 Å². The highest BCUT2D eigenvalue weighted by Gasteiger charge is 2.21. The van der Waals surface area contributed by atoms with Gasteiger partial charge in [-0.25, -0.2) is 4.79 Å². The van der Waals surface area contributed by atoms with Gasteiger partial charge >= 0.3 is 5.97 Å². The summed E-state index contributed by atoms with van der Waals surface area (Å²) in [5.74, 6) is 0.167. The first-order chi connectivity index (χ1) is 8.13. The van der Waals surface area contributed by atoms with Gasteiger partial charge in [0.05, 0.1) is 14.2 Å². The minimum absolute atomic E-state index is 0.193. The third kappa shape index (κ3) is 3.10. The summed E-state index contributed by atoms with van der Waals surface area (Å²) < 4.78 is 15.3. The number of carboxylic acid groups (broad SMARTS) is 1. The molecule has 1 aromatic rings. The molecule has 1 rings (SSSR count). The molecule has 0 bridgehead atoms. The lowest BCUT2D eigenvalue weighted by Gasteiger charge is -2.16. The van der Waals surface area contributed by atoms with Crippen molar-refractivity contribution in [2.45, 2.75) is 12.5 Å². The smallest absolute Gasteiger partial charge is 0.333 e. The molecule has 5 nitrogen and oxygen atoms in total. The van der Waals surface area contributed by atoms with Crippen molar-refractivity contribution in [2.75, 3.05) is 21.3 Å². The number of hydrogen-bond acceptors (Lipinski definition) is 4. The zero-order valence-corrected chi connectivity index (χ0v) is 10.1. The van der Waals surface area contributed by atoms with Crippen molar-refractivity contribution >= 4 is 5.97 Å². The molecule has 0 aromatic heterocycles. The number of ether oxygens (including phenoxy) is 3.